The molecular weight excluding hydrogens is 361 g/mol. The SMILES string of the molecule is CC(O)c1ccn2c(-c3cccc(NC(=O)NCC(F)(F)F)c3)cnc2c1. The molecule has 2 amide bonds. The van der Waals surface area contributed by atoms with Crippen LogP contribution < -0.4 is 10.6 Å². The molecule has 0 fully saturated rings. The third kappa shape index (κ3) is 4.56. The number of hydrogen-bond donors (Lipinski definition) is 3. The van der Waals surface area contributed by atoms with Crippen LogP contribution in [0.25, 0.3) is 16.9 Å². The highest BCUT2D eigenvalue weighted by Gasteiger charge is 2.27. The molecule has 0 aliphatic rings. The smallest absolute Gasteiger partial charge is 0.389 e. The van der Waals surface area contributed by atoms with Crippen molar-refractivity contribution in [1.29, 1.82) is 0 Å². The number of aromatic nitrogens is 2. The molecule has 3 aromatic rings. The molecule has 0 aliphatic carbocycles. The minimum atomic E-state index is -4.47. The third-order valence-corrected chi connectivity index (χ3v) is 3.89. The summed E-state index contributed by atoms with van der Waals surface area (Å²) in [6.45, 7) is 0.256. The number of hydrogen-bond acceptors (Lipinski definition) is 3. The van der Waals surface area contributed by atoms with Gasteiger partial charge in [-0.3, -0.25) is 4.40 Å². The van der Waals surface area contributed by atoms with Gasteiger partial charge >= 0.3 is 12.2 Å². The van der Waals surface area contributed by atoms with Crippen LogP contribution in [0.4, 0.5) is 23.7 Å². The Morgan fingerprint density at radius 3 is 2.78 bits per heavy atom. The number of urea groups is 1. The zero-order valence-corrected chi connectivity index (χ0v) is 14.3. The molecule has 0 aliphatic heterocycles. The van der Waals surface area contributed by atoms with Gasteiger partial charge in [0.25, 0.3) is 0 Å². The van der Waals surface area contributed by atoms with E-state index in [-0.39, 0.29) is 0 Å². The lowest BCUT2D eigenvalue weighted by molar-refractivity contribution is -0.122. The van der Waals surface area contributed by atoms with Crippen LogP contribution in [0.5, 0.6) is 0 Å². The summed E-state index contributed by atoms with van der Waals surface area (Å²) in [5.41, 5.74) is 3.19. The van der Waals surface area contributed by atoms with E-state index in [0.29, 0.717) is 11.3 Å². The summed E-state index contributed by atoms with van der Waals surface area (Å²) in [4.78, 5) is 15.9. The first-order chi connectivity index (χ1) is 12.7. The topological polar surface area (TPSA) is 78.7 Å². The van der Waals surface area contributed by atoms with Crippen LogP contribution >= 0.6 is 0 Å². The Balaban J connectivity index is 1.81. The Labute approximate surface area is 152 Å². The quantitative estimate of drug-likeness (QED) is 0.647. The number of carbonyl (C=O) groups excluding carboxylic acids is 1. The number of fused-ring (bicyclic) bond motifs is 1. The number of rotatable bonds is 4. The molecule has 9 heteroatoms. The Hall–Kier alpha value is -3.07. The fraction of sp³-hybridized carbons (Fsp3) is 0.222. The fourth-order valence-corrected chi connectivity index (χ4v) is 2.58. The van der Waals surface area contributed by atoms with Gasteiger partial charge in [0.1, 0.15) is 12.2 Å². The number of imidazole rings is 1. The van der Waals surface area contributed by atoms with Crippen molar-refractivity contribution in [2.24, 2.45) is 0 Å². The van der Waals surface area contributed by atoms with Gasteiger partial charge in [-0.1, -0.05) is 12.1 Å². The zero-order chi connectivity index (χ0) is 19.6. The second-order valence-corrected chi connectivity index (χ2v) is 6.01. The average Bonchev–Trinajstić information content (AvgIpc) is 3.03. The maximum Gasteiger partial charge on any atom is 0.405 e. The summed E-state index contributed by atoms with van der Waals surface area (Å²) in [6.07, 6.45) is -1.67. The summed E-state index contributed by atoms with van der Waals surface area (Å²) in [6, 6.07) is 9.29. The van der Waals surface area contributed by atoms with Crippen molar-refractivity contribution in [3.05, 3.63) is 54.4 Å². The van der Waals surface area contributed by atoms with E-state index in [4.69, 9.17) is 0 Å². The summed E-state index contributed by atoms with van der Waals surface area (Å²) in [5, 5.41) is 13.8. The number of nitrogens with zero attached hydrogens (tertiary/aromatic N) is 2. The van der Waals surface area contributed by atoms with E-state index in [2.05, 4.69) is 10.3 Å². The van der Waals surface area contributed by atoms with Crippen LogP contribution in [0, 0.1) is 0 Å². The van der Waals surface area contributed by atoms with Gasteiger partial charge in [0.2, 0.25) is 0 Å². The highest BCUT2D eigenvalue weighted by atomic mass is 19.4. The van der Waals surface area contributed by atoms with Gasteiger partial charge < -0.3 is 15.7 Å². The minimum Gasteiger partial charge on any atom is -0.389 e. The second-order valence-electron chi connectivity index (χ2n) is 6.01. The van der Waals surface area contributed by atoms with E-state index in [1.807, 2.05) is 4.40 Å². The van der Waals surface area contributed by atoms with Gasteiger partial charge in [-0.05, 0) is 36.8 Å². The Kier molecular flexibility index (Phi) is 5.04. The van der Waals surface area contributed by atoms with E-state index in [0.717, 1.165) is 16.8 Å². The number of anilines is 1. The third-order valence-electron chi connectivity index (χ3n) is 3.89. The summed E-state index contributed by atoms with van der Waals surface area (Å²) < 4.78 is 38.3. The maximum atomic E-state index is 12.2. The Morgan fingerprint density at radius 1 is 1.30 bits per heavy atom. The molecule has 2 aromatic heterocycles. The highest BCUT2D eigenvalue weighted by molar-refractivity contribution is 5.90. The molecule has 6 nitrogen and oxygen atoms in total. The van der Waals surface area contributed by atoms with Crippen LogP contribution in [0.2, 0.25) is 0 Å². The number of carbonyl (C=O) groups is 1. The van der Waals surface area contributed by atoms with Crippen molar-refractivity contribution in [1.82, 2.24) is 14.7 Å². The fourth-order valence-electron chi connectivity index (χ4n) is 2.58. The molecule has 3 N–H and O–H groups in total. The first-order valence-electron chi connectivity index (χ1n) is 8.10. The minimum absolute atomic E-state index is 0.350. The van der Waals surface area contributed by atoms with Gasteiger partial charge in [-0.25, -0.2) is 9.78 Å². The molecule has 0 spiro atoms. The van der Waals surface area contributed by atoms with Crippen LogP contribution in [0.1, 0.15) is 18.6 Å². The Bertz CT molecular complexity index is 967. The molecule has 0 saturated heterocycles. The molecule has 3 rings (SSSR count). The normalized spacial score (nSPS) is 12.8. The van der Waals surface area contributed by atoms with Gasteiger partial charge in [-0.15, -0.1) is 0 Å². The average molecular weight is 378 g/mol. The monoisotopic (exact) mass is 378 g/mol. The number of pyridine rings is 1. The van der Waals surface area contributed by atoms with E-state index in [1.165, 1.54) is 0 Å². The van der Waals surface area contributed by atoms with Crippen molar-refractivity contribution in [2.75, 3.05) is 11.9 Å². The van der Waals surface area contributed by atoms with Crippen LogP contribution in [0.15, 0.2) is 48.8 Å². The van der Waals surface area contributed by atoms with Crippen LogP contribution in [0.3, 0.4) is 0 Å². The van der Waals surface area contributed by atoms with E-state index < -0.39 is 24.9 Å². The predicted molar refractivity (Wildman–Crippen MR) is 94.3 cm³/mol. The number of amides is 2. The predicted octanol–water partition coefficient (Wildman–Crippen LogP) is 3.74. The molecule has 0 saturated carbocycles. The van der Waals surface area contributed by atoms with Crippen molar-refractivity contribution in [3.63, 3.8) is 0 Å². The first-order valence-corrected chi connectivity index (χ1v) is 8.10. The number of alkyl halides is 3. The Morgan fingerprint density at radius 2 is 2.07 bits per heavy atom. The van der Waals surface area contributed by atoms with E-state index >= 15 is 0 Å². The molecule has 27 heavy (non-hydrogen) atoms. The van der Waals surface area contributed by atoms with Gasteiger partial charge in [-0.2, -0.15) is 13.2 Å². The lowest BCUT2D eigenvalue weighted by Gasteiger charge is -2.11. The number of aliphatic hydroxyl groups is 1. The number of aliphatic hydroxyl groups excluding tert-OH is 1. The van der Waals surface area contributed by atoms with Crippen LogP contribution in [-0.2, 0) is 0 Å². The molecule has 142 valence electrons. The van der Waals surface area contributed by atoms with Gasteiger partial charge in [0.05, 0.1) is 18.0 Å². The summed E-state index contributed by atoms with van der Waals surface area (Å²) in [7, 11) is 0. The second kappa shape index (κ2) is 7.28. The van der Waals surface area contributed by atoms with Crippen molar-refractivity contribution in [3.8, 4) is 11.3 Å². The lowest BCUT2D eigenvalue weighted by atomic mass is 10.1. The molecule has 2 heterocycles. The zero-order valence-electron chi connectivity index (χ0n) is 14.3. The molecule has 1 atom stereocenters. The lowest BCUT2D eigenvalue weighted by Crippen LogP contribution is -2.36. The van der Waals surface area contributed by atoms with E-state index in [1.54, 1.807) is 61.0 Å². The summed E-state index contributed by atoms with van der Waals surface area (Å²) in [5.74, 6) is 0. The number of benzene rings is 1. The summed E-state index contributed by atoms with van der Waals surface area (Å²) >= 11 is 0. The van der Waals surface area contributed by atoms with E-state index in [9.17, 15) is 23.1 Å². The molecular formula is C18H17F3N4O2. The molecule has 1 aromatic carbocycles. The number of halogens is 3. The highest BCUT2D eigenvalue weighted by Crippen LogP contribution is 2.25. The van der Waals surface area contributed by atoms with Crippen molar-refractivity contribution in [2.45, 2.75) is 19.2 Å². The van der Waals surface area contributed by atoms with Gasteiger partial charge in [0, 0.05) is 17.4 Å². The van der Waals surface area contributed by atoms with Crippen molar-refractivity contribution < 1.29 is 23.1 Å². The molecule has 1 unspecified atom stereocenters. The van der Waals surface area contributed by atoms with Gasteiger partial charge in [0.15, 0.2) is 0 Å². The maximum absolute atomic E-state index is 12.2. The number of nitrogens with one attached hydrogen (secondary N) is 2. The van der Waals surface area contributed by atoms with Crippen molar-refractivity contribution >= 4 is 17.4 Å². The first kappa shape index (κ1) is 18.7. The largest absolute Gasteiger partial charge is 0.405 e. The molecule has 0 radical (unpaired) electrons. The van der Waals surface area contributed by atoms with Crippen LogP contribution in [-0.4, -0.2) is 33.2 Å². The standard InChI is InChI=1S/C18H17F3N4O2/c1-11(26)12-5-6-25-15(9-22-16(25)8-12)13-3-2-4-14(7-13)24-17(27)23-10-18(19,20)21/h2-9,11,26H,10H2,1H3,(H2,23,24,27). The molecule has 0 bridgehead atoms.